The Morgan fingerprint density at radius 3 is 1.01 bits per heavy atom. The van der Waals surface area contributed by atoms with Crippen molar-refractivity contribution in [3.8, 4) is 0 Å². The number of phosphoric ester groups is 1. The van der Waals surface area contributed by atoms with Gasteiger partial charge in [0.1, 0.15) is 13.2 Å². The van der Waals surface area contributed by atoms with Gasteiger partial charge in [0, 0.05) is 6.42 Å². The molecule has 0 bridgehead atoms. The molecule has 0 saturated heterocycles. The van der Waals surface area contributed by atoms with Crippen LogP contribution in [0.5, 0.6) is 0 Å². The molecule has 0 saturated carbocycles. The maximum absolute atomic E-state index is 13.1. The first-order valence-electron chi connectivity index (χ1n) is 37.8. The van der Waals surface area contributed by atoms with Crippen molar-refractivity contribution in [2.45, 2.75) is 379 Å². The standard InChI is InChI=1S/C78H147N2O6P/c1-6-8-10-12-14-16-18-20-22-24-26-28-30-32-34-36-38-40-42-44-46-48-50-52-54-56-58-60-62-64-66-68-70-72-78(82)79-76(75-86-87(83,84)85-74-73-80(3,4)5)77(81)71-69-67-65-63-61-59-57-55-53-51-49-47-45-43-41-39-37-35-33-31-29-27-25-23-21-19-17-15-13-11-9-7-2/h8,10,14,16,20,22,26,28,32,34,38,40,76-77,81H,6-7,9,11-13,15,17-19,21,23-25,27,29-31,33,35-37,39,41-75H2,1-5H3,(H-,79,82,83,84)/p+1/b10-8-,16-14-,22-20-,28-26-,34-32-,40-38-. The topological polar surface area (TPSA) is 105 Å². The lowest BCUT2D eigenvalue weighted by molar-refractivity contribution is -0.870. The number of aliphatic hydroxyl groups is 1. The average molecular weight is 1240 g/mol. The maximum atomic E-state index is 13.1. The molecule has 0 aromatic carbocycles. The van der Waals surface area contributed by atoms with Crippen molar-refractivity contribution in [1.82, 2.24) is 5.32 Å². The van der Waals surface area contributed by atoms with Gasteiger partial charge in [-0.15, -0.1) is 0 Å². The molecule has 0 rings (SSSR count). The van der Waals surface area contributed by atoms with Crippen molar-refractivity contribution in [2.75, 3.05) is 40.9 Å². The molecule has 9 heteroatoms. The highest BCUT2D eigenvalue weighted by molar-refractivity contribution is 7.47. The Morgan fingerprint density at radius 2 is 0.690 bits per heavy atom. The lowest BCUT2D eigenvalue weighted by Crippen LogP contribution is -2.46. The number of aliphatic hydroxyl groups excluding tert-OH is 1. The van der Waals surface area contributed by atoms with Crippen molar-refractivity contribution >= 4 is 13.7 Å². The molecule has 3 N–H and O–H groups in total. The molecule has 3 unspecified atom stereocenters. The number of hydrogen-bond acceptors (Lipinski definition) is 5. The Labute approximate surface area is 542 Å². The van der Waals surface area contributed by atoms with Crippen LogP contribution in [0.2, 0.25) is 0 Å². The normalized spacial score (nSPS) is 14.0. The first kappa shape index (κ1) is 84.9. The minimum Gasteiger partial charge on any atom is -0.391 e. The molecule has 0 aliphatic heterocycles. The quantitative estimate of drug-likeness (QED) is 0.0243. The molecule has 510 valence electrons. The van der Waals surface area contributed by atoms with Gasteiger partial charge in [-0.2, -0.15) is 0 Å². The summed E-state index contributed by atoms with van der Waals surface area (Å²) in [4.78, 5) is 23.5. The van der Waals surface area contributed by atoms with E-state index in [9.17, 15) is 19.4 Å². The number of nitrogens with zero attached hydrogens (tertiary/aromatic N) is 1. The highest BCUT2D eigenvalue weighted by Gasteiger charge is 2.28. The molecule has 3 atom stereocenters. The van der Waals surface area contributed by atoms with Gasteiger partial charge in [-0.3, -0.25) is 13.8 Å². The van der Waals surface area contributed by atoms with Crippen LogP contribution in [0.3, 0.4) is 0 Å². The van der Waals surface area contributed by atoms with E-state index >= 15 is 0 Å². The molecule has 0 aliphatic rings. The summed E-state index contributed by atoms with van der Waals surface area (Å²) in [6.07, 6.45) is 96.0. The van der Waals surface area contributed by atoms with Crippen molar-refractivity contribution in [3.05, 3.63) is 72.9 Å². The van der Waals surface area contributed by atoms with Crippen LogP contribution in [0.1, 0.15) is 367 Å². The van der Waals surface area contributed by atoms with Gasteiger partial charge in [0.25, 0.3) is 0 Å². The van der Waals surface area contributed by atoms with E-state index in [0.29, 0.717) is 23.9 Å². The van der Waals surface area contributed by atoms with Crippen molar-refractivity contribution < 1.29 is 32.9 Å². The third kappa shape index (κ3) is 71.2. The number of likely N-dealkylation sites (N-methyl/N-ethyl adjacent to an activating group) is 1. The second-order valence-electron chi connectivity index (χ2n) is 27.0. The number of allylic oxidation sites excluding steroid dienone is 12. The van der Waals surface area contributed by atoms with Crippen molar-refractivity contribution in [1.29, 1.82) is 0 Å². The molecule has 0 aromatic heterocycles. The number of hydrogen-bond donors (Lipinski definition) is 3. The van der Waals surface area contributed by atoms with E-state index in [4.69, 9.17) is 9.05 Å². The van der Waals surface area contributed by atoms with E-state index in [1.165, 1.54) is 263 Å². The van der Waals surface area contributed by atoms with Gasteiger partial charge in [0.05, 0.1) is 39.9 Å². The first-order valence-corrected chi connectivity index (χ1v) is 39.3. The highest BCUT2D eigenvalue weighted by atomic mass is 31.2. The second-order valence-corrected chi connectivity index (χ2v) is 28.5. The fourth-order valence-corrected chi connectivity index (χ4v) is 12.1. The molecule has 8 nitrogen and oxygen atoms in total. The fourth-order valence-electron chi connectivity index (χ4n) is 11.4. The van der Waals surface area contributed by atoms with Gasteiger partial charge in [0.2, 0.25) is 5.91 Å². The smallest absolute Gasteiger partial charge is 0.391 e. The van der Waals surface area contributed by atoms with Gasteiger partial charge < -0.3 is 19.8 Å². The van der Waals surface area contributed by atoms with Crippen molar-refractivity contribution in [2.24, 2.45) is 0 Å². The highest BCUT2D eigenvalue weighted by Crippen LogP contribution is 2.43. The Bertz CT molecular complexity index is 1650. The van der Waals surface area contributed by atoms with Crippen LogP contribution in [-0.2, 0) is 18.4 Å². The average Bonchev–Trinajstić information content (AvgIpc) is 3.71. The third-order valence-corrected chi connectivity index (χ3v) is 18.2. The number of amides is 1. The number of quaternary nitrogens is 1. The summed E-state index contributed by atoms with van der Waals surface area (Å²) in [5, 5.41) is 14.2. The third-order valence-electron chi connectivity index (χ3n) is 17.2. The van der Waals surface area contributed by atoms with E-state index in [0.717, 1.165) is 77.0 Å². The van der Waals surface area contributed by atoms with E-state index < -0.39 is 20.0 Å². The van der Waals surface area contributed by atoms with E-state index in [1.807, 2.05) is 21.1 Å². The number of carbonyl (C=O) groups excluding carboxylic acids is 1. The van der Waals surface area contributed by atoms with Gasteiger partial charge in [-0.1, -0.05) is 369 Å². The van der Waals surface area contributed by atoms with Gasteiger partial charge in [-0.05, 0) is 64.2 Å². The molecule has 87 heavy (non-hydrogen) atoms. The SMILES string of the molecule is CC/C=C\C/C=C\C/C=C\C/C=C\C/C=C\C/C=C\CCCCCCCCCCCCCCCCC(=O)NC(COP(=O)(O)OCC[N+](C)(C)C)C(O)CCCCCCCCCCCCCCCCCCCCCCCCCCCCCCCCCC. The summed E-state index contributed by atoms with van der Waals surface area (Å²) in [5.74, 6) is -0.141. The Morgan fingerprint density at radius 1 is 0.402 bits per heavy atom. The van der Waals surface area contributed by atoms with Crippen LogP contribution in [0.25, 0.3) is 0 Å². The maximum Gasteiger partial charge on any atom is 0.472 e. The van der Waals surface area contributed by atoms with Gasteiger partial charge >= 0.3 is 7.82 Å². The largest absolute Gasteiger partial charge is 0.472 e. The van der Waals surface area contributed by atoms with Gasteiger partial charge in [0.15, 0.2) is 0 Å². The lowest BCUT2D eigenvalue weighted by Gasteiger charge is -2.26. The predicted octanol–water partition coefficient (Wildman–Crippen LogP) is 24.5. The summed E-state index contributed by atoms with van der Waals surface area (Å²) >= 11 is 0. The van der Waals surface area contributed by atoms with E-state index in [2.05, 4.69) is 92.1 Å². The molecule has 0 spiro atoms. The number of rotatable bonds is 70. The Hall–Kier alpha value is -2.06. The van der Waals surface area contributed by atoms with Crippen LogP contribution in [0, 0.1) is 0 Å². The molecule has 0 aliphatic carbocycles. The van der Waals surface area contributed by atoms with Crippen LogP contribution in [-0.4, -0.2) is 73.4 Å². The minimum atomic E-state index is -4.34. The molecular weight excluding hydrogens is 1090 g/mol. The summed E-state index contributed by atoms with van der Waals surface area (Å²) in [6.45, 7) is 4.82. The Kier molecular flexibility index (Phi) is 66.7. The minimum absolute atomic E-state index is 0.0737. The predicted molar refractivity (Wildman–Crippen MR) is 383 cm³/mol. The van der Waals surface area contributed by atoms with Gasteiger partial charge in [-0.25, -0.2) is 4.57 Å². The zero-order valence-corrected chi connectivity index (χ0v) is 59.4. The summed E-state index contributed by atoms with van der Waals surface area (Å²) < 4.78 is 23.9. The summed E-state index contributed by atoms with van der Waals surface area (Å²) in [5.41, 5.74) is 0. The number of phosphoric acid groups is 1. The van der Waals surface area contributed by atoms with Crippen LogP contribution < -0.4 is 5.32 Å². The van der Waals surface area contributed by atoms with Crippen LogP contribution in [0.4, 0.5) is 0 Å². The Balaban J connectivity index is 3.99. The van der Waals surface area contributed by atoms with E-state index in [1.54, 1.807) is 0 Å². The molecule has 0 aromatic rings. The number of nitrogens with one attached hydrogen (secondary N) is 1. The second kappa shape index (κ2) is 68.3. The molecular formula is C78H148N2O6P+. The lowest BCUT2D eigenvalue weighted by atomic mass is 10.0. The van der Waals surface area contributed by atoms with E-state index in [-0.39, 0.29) is 19.1 Å². The molecule has 0 radical (unpaired) electrons. The van der Waals surface area contributed by atoms with Crippen molar-refractivity contribution in [3.63, 3.8) is 0 Å². The fraction of sp³-hybridized carbons (Fsp3) is 0.833. The zero-order valence-electron chi connectivity index (χ0n) is 58.5. The summed E-state index contributed by atoms with van der Waals surface area (Å²) in [7, 11) is 1.62. The molecule has 0 heterocycles. The monoisotopic (exact) mass is 1240 g/mol. The molecule has 0 fully saturated rings. The number of unbranched alkanes of at least 4 members (excludes halogenated alkanes) is 45. The van der Waals surface area contributed by atoms with Crippen LogP contribution in [0.15, 0.2) is 72.9 Å². The molecule has 1 amide bonds. The first-order chi connectivity index (χ1) is 42.5. The number of carbonyl (C=O) groups is 1. The zero-order chi connectivity index (χ0) is 63.4. The summed E-state index contributed by atoms with van der Waals surface area (Å²) in [6, 6.07) is -0.766. The van der Waals surface area contributed by atoms with Crippen LogP contribution >= 0.6 is 7.82 Å².